The maximum Gasteiger partial charge on any atom is 0.309 e. The van der Waals surface area contributed by atoms with E-state index in [-0.39, 0.29) is 5.03 Å². The van der Waals surface area contributed by atoms with Gasteiger partial charge in [0.25, 0.3) is 0 Å². The Hall–Kier alpha value is -1.88. The van der Waals surface area contributed by atoms with Gasteiger partial charge in [-0.05, 0) is 43.9 Å². The van der Waals surface area contributed by atoms with E-state index in [2.05, 4.69) is 6.92 Å². The second-order valence-corrected chi connectivity index (χ2v) is 9.19. The first-order valence-electron chi connectivity index (χ1n) is 9.28. The van der Waals surface area contributed by atoms with Crippen molar-refractivity contribution < 1.29 is 13.1 Å². The first kappa shape index (κ1) is 20.4. The molecule has 0 radical (unpaired) electrons. The van der Waals surface area contributed by atoms with Crippen LogP contribution in [0.4, 0.5) is 0 Å². The molecule has 2 rings (SSSR count). The van der Waals surface area contributed by atoms with E-state index >= 15 is 0 Å². The van der Waals surface area contributed by atoms with Gasteiger partial charge in [0.1, 0.15) is 0 Å². The lowest BCUT2D eigenvalue weighted by Gasteiger charge is -2.20. The molecule has 0 fully saturated rings. The Morgan fingerprint density at radius 3 is 2.38 bits per heavy atom. The molecule has 0 saturated heterocycles. The second kappa shape index (κ2) is 8.67. The minimum atomic E-state index is -3.78. The van der Waals surface area contributed by atoms with E-state index in [9.17, 15) is 13.6 Å². The van der Waals surface area contributed by atoms with Crippen LogP contribution in [-0.2, 0) is 9.84 Å². The third kappa shape index (κ3) is 4.64. The fraction of sp³-hybridized carbons (Fsp3) is 0.476. The molecular weight excluding hydrogens is 346 g/mol. The van der Waals surface area contributed by atoms with Crippen LogP contribution in [0.2, 0.25) is 0 Å². The Bertz CT molecular complexity index is 860. The van der Waals surface area contributed by atoms with E-state index in [1.54, 1.807) is 13.0 Å². The summed E-state index contributed by atoms with van der Waals surface area (Å²) >= 11 is 0. The first-order valence-corrected chi connectivity index (χ1v) is 10.8. The molecule has 0 aliphatic heterocycles. The van der Waals surface area contributed by atoms with Crippen molar-refractivity contribution in [3.63, 3.8) is 0 Å². The summed E-state index contributed by atoms with van der Waals surface area (Å²) in [4.78, 5) is 0. The maximum atomic E-state index is 13.4. The van der Waals surface area contributed by atoms with Crippen molar-refractivity contribution in [3.05, 3.63) is 64.0 Å². The Morgan fingerprint density at radius 1 is 1.00 bits per heavy atom. The topological polar surface area (TPSA) is 61.1 Å². The molecule has 0 spiro atoms. The lowest BCUT2D eigenvalue weighted by Crippen LogP contribution is -2.35. The standard InChI is InChI=1S/C21H29NO3S/c1-5-6-7-8-9-20(19-14-16(2)10-11-18(19)4)26(24,25)21-15-17(3)12-13-22(21)23/h10-15,20H,5-9H2,1-4H3. The van der Waals surface area contributed by atoms with Crippen LogP contribution in [0.3, 0.4) is 0 Å². The average Bonchev–Trinajstić information content (AvgIpc) is 2.59. The van der Waals surface area contributed by atoms with E-state index < -0.39 is 15.1 Å². The van der Waals surface area contributed by atoms with Gasteiger partial charge in [-0.3, -0.25) is 0 Å². The molecule has 1 unspecified atom stereocenters. The van der Waals surface area contributed by atoms with Crippen LogP contribution in [0.15, 0.2) is 41.6 Å². The van der Waals surface area contributed by atoms with E-state index in [0.717, 1.165) is 47.9 Å². The van der Waals surface area contributed by atoms with Gasteiger partial charge in [0, 0.05) is 12.1 Å². The molecule has 0 saturated carbocycles. The van der Waals surface area contributed by atoms with Crippen molar-refractivity contribution in [2.24, 2.45) is 0 Å². The molecule has 0 aliphatic carbocycles. The van der Waals surface area contributed by atoms with Crippen LogP contribution in [0.5, 0.6) is 0 Å². The average molecular weight is 376 g/mol. The van der Waals surface area contributed by atoms with Gasteiger partial charge in [-0.2, -0.15) is 4.73 Å². The quantitative estimate of drug-likeness (QED) is 0.381. The van der Waals surface area contributed by atoms with Gasteiger partial charge >= 0.3 is 5.03 Å². The van der Waals surface area contributed by atoms with Gasteiger partial charge in [0.2, 0.25) is 9.84 Å². The normalized spacial score (nSPS) is 12.9. The fourth-order valence-electron chi connectivity index (χ4n) is 3.26. The highest BCUT2D eigenvalue weighted by Crippen LogP contribution is 2.35. The third-order valence-electron chi connectivity index (χ3n) is 4.81. The lowest BCUT2D eigenvalue weighted by atomic mass is 9.99. The molecular formula is C21H29NO3S. The molecule has 2 aromatic rings. The number of hydrogen-bond donors (Lipinski definition) is 0. The van der Waals surface area contributed by atoms with Crippen molar-refractivity contribution in [1.82, 2.24) is 0 Å². The molecule has 0 aliphatic rings. The van der Waals surface area contributed by atoms with Gasteiger partial charge < -0.3 is 5.21 Å². The SMILES string of the molecule is CCCCCCC(c1cc(C)ccc1C)S(=O)(=O)c1cc(C)cc[n+]1[O-]. The van der Waals surface area contributed by atoms with Gasteiger partial charge in [-0.15, -0.1) is 0 Å². The molecule has 0 bridgehead atoms. The molecule has 4 nitrogen and oxygen atoms in total. The molecule has 26 heavy (non-hydrogen) atoms. The zero-order valence-electron chi connectivity index (χ0n) is 16.2. The minimum Gasteiger partial charge on any atom is -0.618 e. The predicted octanol–water partition coefficient (Wildman–Crippen LogP) is 4.73. The van der Waals surface area contributed by atoms with Gasteiger partial charge in [0.15, 0.2) is 6.20 Å². The first-order chi connectivity index (χ1) is 12.3. The van der Waals surface area contributed by atoms with Crippen molar-refractivity contribution >= 4 is 9.84 Å². The van der Waals surface area contributed by atoms with Gasteiger partial charge in [-0.1, -0.05) is 56.4 Å². The number of aryl methyl sites for hydroxylation is 3. The fourth-order valence-corrected chi connectivity index (χ4v) is 5.28. The largest absolute Gasteiger partial charge is 0.618 e. The van der Waals surface area contributed by atoms with Crippen LogP contribution >= 0.6 is 0 Å². The summed E-state index contributed by atoms with van der Waals surface area (Å²) in [6.45, 7) is 7.83. The highest BCUT2D eigenvalue weighted by molar-refractivity contribution is 7.91. The highest BCUT2D eigenvalue weighted by Gasteiger charge is 2.35. The van der Waals surface area contributed by atoms with Gasteiger partial charge in [-0.25, -0.2) is 8.42 Å². The van der Waals surface area contributed by atoms with Crippen LogP contribution in [0, 0.1) is 26.0 Å². The zero-order chi connectivity index (χ0) is 19.3. The minimum absolute atomic E-state index is 0.154. The molecule has 1 atom stereocenters. The summed E-state index contributed by atoms with van der Waals surface area (Å²) < 4.78 is 27.3. The Kier molecular flexibility index (Phi) is 6.81. The summed E-state index contributed by atoms with van der Waals surface area (Å²) in [6.07, 6.45) is 5.82. The van der Waals surface area contributed by atoms with E-state index in [4.69, 9.17) is 0 Å². The van der Waals surface area contributed by atoms with E-state index in [1.807, 2.05) is 32.0 Å². The molecule has 1 aromatic carbocycles. The summed E-state index contributed by atoms with van der Waals surface area (Å²) in [5.41, 5.74) is 3.55. The number of hydrogen-bond acceptors (Lipinski definition) is 3. The van der Waals surface area contributed by atoms with Crippen LogP contribution in [0.25, 0.3) is 0 Å². The van der Waals surface area contributed by atoms with Crippen molar-refractivity contribution in [3.8, 4) is 0 Å². The van der Waals surface area contributed by atoms with Crippen LogP contribution < -0.4 is 4.73 Å². The number of rotatable bonds is 8. The summed E-state index contributed by atoms with van der Waals surface area (Å²) in [5.74, 6) is 0. The Morgan fingerprint density at radius 2 is 1.69 bits per heavy atom. The molecule has 0 N–H and O–H groups in total. The molecule has 5 heteroatoms. The maximum absolute atomic E-state index is 13.4. The number of nitrogens with zero attached hydrogens (tertiary/aromatic N) is 1. The monoisotopic (exact) mass is 375 g/mol. The summed E-state index contributed by atoms with van der Waals surface area (Å²) in [7, 11) is -3.78. The van der Waals surface area contributed by atoms with Gasteiger partial charge in [0.05, 0.1) is 5.25 Å². The Balaban J connectivity index is 2.51. The third-order valence-corrected chi connectivity index (χ3v) is 6.93. The van der Waals surface area contributed by atoms with E-state index in [1.165, 1.54) is 12.3 Å². The highest BCUT2D eigenvalue weighted by atomic mass is 32.2. The van der Waals surface area contributed by atoms with Crippen molar-refractivity contribution in [2.75, 3.05) is 0 Å². The van der Waals surface area contributed by atoms with Crippen molar-refractivity contribution in [2.45, 2.75) is 70.1 Å². The van der Waals surface area contributed by atoms with Crippen LogP contribution in [0.1, 0.15) is 66.5 Å². The number of unbranched alkanes of at least 4 members (excludes halogenated alkanes) is 3. The summed E-state index contributed by atoms with van der Waals surface area (Å²) in [5, 5.41) is 11.4. The summed E-state index contributed by atoms with van der Waals surface area (Å²) in [6, 6.07) is 9.00. The smallest absolute Gasteiger partial charge is 0.309 e. The molecule has 1 aromatic heterocycles. The lowest BCUT2D eigenvalue weighted by molar-refractivity contribution is -0.646. The van der Waals surface area contributed by atoms with Crippen molar-refractivity contribution in [1.29, 1.82) is 0 Å². The number of sulfone groups is 1. The second-order valence-electron chi connectivity index (χ2n) is 7.11. The van der Waals surface area contributed by atoms with E-state index in [0.29, 0.717) is 11.2 Å². The molecule has 1 heterocycles. The number of aromatic nitrogens is 1. The number of pyridine rings is 1. The Labute approximate surface area is 157 Å². The zero-order valence-corrected chi connectivity index (χ0v) is 17.0. The molecule has 0 amide bonds. The predicted molar refractivity (Wildman–Crippen MR) is 105 cm³/mol. The van der Waals surface area contributed by atoms with Crippen LogP contribution in [-0.4, -0.2) is 8.42 Å². The molecule has 142 valence electrons. The number of benzene rings is 1.